The molecule has 3 aromatic rings. The monoisotopic (exact) mass is 472 g/mol. The number of ether oxygens (including phenoxy) is 1. The molecular formula is C29H32N2O4. The van der Waals surface area contributed by atoms with Crippen LogP contribution in [-0.2, 0) is 22.7 Å². The molecule has 0 saturated heterocycles. The highest BCUT2D eigenvalue weighted by Crippen LogP contribution is 2.27. The quantitative estimate of drug-likeness (QED) is 0.407. The summed E-state index contributed by atoms with van der Waals surface area (Å²) in [5.74, 6) is -0.0949. The minimum absolute atomic E-state index is 0.0665. The lowest BCUT2D eigenvalue weighted by Gasteiger charge is -2.20. The molecular weight excluding hydrogens is 440 g/mol. The van der Waals surface area contributed by atoms with Gasteiger partial charge in [-0.3, -0.25) is 9.59 Å². The molecule has 0 aliphatic heterocycles. The molecule has 0 unspecified atom stereocenters. The van der Waals surface area contributed by atoms with Gasteiger partial charge in [0.25, 0.3) is 5.91 Å². The van der Waals surface area contributed by atoms with Gasteiger partial charge in [-0.25, -0.2) is 4.79 Å². The first-order valence-electron chi connectivity index (χ1n) is 11.8. The van der Waals surface area contributed by atoms with E-state index in [4.69, 9.17) is 4.74 Å². The predicted molar refractivity (Wildman–Crippen MR) is 137 cm³/mol. The van der Waals surface area contributed by atoms with Gasteiger partial charge in [0.2, 0.25) is 0 Å². The summed E-state index contributed by atoms with van der Waals surface area (Å²) in [5, 5.41) is 5.69. The predicted octanol–water partition coefficient (Wildman–Crippen LogP) is 5.51. The highest BCUT2D eigenvalue weighted by molar-refractivity contribution is 6.03. The smallest absolute Gasteiger partial charge is 0.407 e. The number of benzene rings is 3. The Labute approximate surface area is 206 Å². The zero-order valence-corrected chi connectivity index (χ0v) is 20.4. The van der Waals surface area contributed by atoms with Crippen molar-refractivity contribution >= 4 is 17.8 Å². The fourth-order valence-electron chi connectivity index (χ4n) is 3.83. The standard InChI is InChI=1S/C29H32N2O4/c1-20(2)17-27(21(3)32)31-28(33)26-16-10-9-15-25(26)24-14-8-7-13-23(24)18-30-29(34)35-19-22-11-5-4-6-12-22/h4-16,20,27H,17-19H2,1-3H3,(H,30,34)(H,31,33)/t27-/m1/s1. The van der Waals surface area contributed by atoms with E-state index in [9.17, 15) is 14.4 Å². The molecule has 6 heteroatoms. The summed E-state index contributed by atoms with van der Waals surface area (Å²) in [6.07, 6.45) is 0.0575. The Balaban J connectivity index is 1.75. The van der Waals surface area contributed by atoms with Crippen molar-refractivity contribution in [3.63, 3.8) is 0 Å². The van der Waals surface area contributed by atoms with Crippen LogP contribution < -0.4 is 10.6 Å². The van der Waals surface area contributed by atoms with Gasteiger partial charge < -0.3 is 15.4 Å². The van der Waals surface area contributed by atoms with Gasteiger partial charge in [0, 0.05) is 12.1 Å². The van der Waals surface area contributed by atoms with Crippen LogP contribution in [0.2, 0.25) is 0 Å². The van der Waals surface area contributed by atoms with Crippen LogP contribution in [0.3, 0.4) is 0 Å². The van der Waals surface area contributed by atoms with E-state index in [0.717, 1.165) is 22.3 Å². The van der Waals surface area contributed by atoms with Crippen LogP contribution in [0.25, 0.3) is 11.1 Å². The molecule has 182 valence electrons. The molecule has 0 aliphatic carbocycles. The Morgan fingerprint density at radius 2 is 1.46 bits per heavy atom. The number of nitrogens with one attached hydrogen (secondary N) is 2. The highest BCUT2D eigenvalue weighted by Gasteiger charge is 2.21. The summed E-state index contributed by atoms with van der Waals surface area (Å²) < 4.78 is 5.31. The summed E-state index contributed by atoms with van der Waals surface area (Å²) >= 11 is 0. The van der Waals surface area contributed by atoms with E-state index in [1.165, 1.54) is 6.92 Å². The topological polar surface area (TPSA) is 84.5 Å². The molecule has 2 N–H and O–H groups in total. The molecule has 0 spiro atoms. The largest absolute Gasteiger partial charge is 0.445 e. The molecule has 3 aromatic carbocycles. The summed E-state index contributed by atoms with van der Waals surface area (Å²) in [4.78, 5) is 37.5. The van der Waals surface area contributed by atoms with E-state index in [1.807, 2.05) is 80.6 Å². The van der Waals surface area contributed by atoms with Crippen molar-refractivity contribution in [3.05, 3.63) is 95.6 Å². The molecule has 0 fully saturated rings. The second kappa shape index (κ2) is 12.5. The Hall–Kier alpha value is -3.93. The number of carbonyl (C=O) groups excluding carboxylic acids is 3. The minimum atomic E-state index is -0.535. The summed E-state index contributed by atoms with van der Waals surface area (Å²) in [5.41, 5.74) is 3.78. The molecule has 2 amide bonds. The fraction of sp³-hybridized carbons (Fsp3) is 0.276. The van der Waals surface area contributed by atoms with Crippen LogP contribution in [0, 0.1) is 5.92 Å². The molecule has 0 heterocycles. The van der Waals surface area contributed by atoms with Gasteiger partial charge in [0.05, 0.1) is 6.04 Å². The zero-order chi connectivity index (χ0) is 25.2. The first kappa shape index (κ1) is 25.7. The number of carbonyl (C=O) groups is 3. The first-order valence-corrected chi connectivity index (χ1v) is 11.8. The number of ketones is 1. The van der Waals surface area contributed by atoms with Crippen molar-refractivity contribution in [1.82, 2.24) is 10.6 Å². The number of rotatable bonds is 10. The summed E-state index contributed by atoms with van der Waals surface area (Å²) in [6, 6.07) is 23.8. The molecule has 35 heavy (non-hydrogen) atoms. The van der Waals surface area contributed by atoms with E-state index in [2.05, 4.69) is 10.6 Å². The summed E-state index contributed by atoms with van der Waals surface area (Å²) in [7, 11) is 0. The number of hydrogen-bond acceptors (Lipinski definition) is 4. The number of alkyl carbamates (subject to hydrolysis) is 1. The van der Waals surface area contributed by atoms with E-state index < -0.39 is 12.1 Å². The van der Waals surface area contributed by atoms with Crippen LogP contribution in [0.5, 0.6) is 0 Å². The van der Waals surface area contributed by atoms with E-state index in [1.54, 1.807) is 12.1 Å². The number of Topliss-reactive ketones (excluding diaryl/α,β-unsaturated/α-hetero) is 1. The van der Waals surface area contributed by atoms with Gasteiger partial charge >= 0.3 is 6.09 Å². The molecule has 0 aromatic heterocycles. The molecule has 6 nitrogen and oxygen atoms in total. The highest BCUT2D eigenvalue weighted by atomic mass is 16.5. The Kier molecular flexibility index (Phi) is 9.18. The van der Waals surface area contributed by atoms with Crippen molar-refractivity contribution in [2.24, 2.45) is 5.92 Å². The average Bonchev–Trinajstić information content (AvgIpc) is 2.86. The van der Waals surface area contributed by atoms with E-state index in [0.29, 0.717) is 12.0 Å². The molecule has 0 aliphatic rings. The third-order valence-corrected chi connectivity index (χ3v) is 5.62. The Morgan fingerprint density at radius 3 is 2.14 bits per heavy atom. The van der Waals surface area contributed by atoms with Crippen molar-refractivity contribution in [3.8, 4) is 11.1 Å². The second-order valence-electron chi connectivity index (χ2n) is 8.88. The Bertz CT molecular complexity index is 1160. The maximum absolute atomic E-state index is 13.2. The fourth-order valence-corrected chi connectivity index (χ4v) is 3.83. The molecule has 0 radical (unpaired) electrons. The average molecular weight is 473 g/mol. The normalized spacial score (nSPS) is 11.5. The lowest BCUT2D eigenvalue weighted by molar-refractivity contribution is -0.119. The van der Waals surface area contributed by atoms with Gasteiger partial charge in [0.15, 0.2) is 5.78 Å². The lowest BCUT2D eigenvalue weighted by Crippen LogP contribution is -2.40. The van der Waals surface area contributed by atoms with Crippen molar-refractivity contribution in [2.45, 2.75) is 46.4 Å². The number of amides is 2. The van der Waals surface area contributed by atoms with Gasteiger partial charge in [-0.1, -0.05) is 86.6 Å². The van der Waals surface area contributed by atoms with Crippen molar-refractivity contribution in [2.75, 3.05) is 0 Å². The molecule has 0 saturated carbocycles. The van der Waals surface area contributed by atoms with E-state index >= 15 is 0 Å². The molecule has 3 rings (SSSR count). The van der Waals surface area contributed by atoms with E-state index in [-0.39, 0.29) is 30.8 Å². The summed E-state index contributed by atoms with van der Waals surface area (Å²) in [6.45, 7) is 5.96. The second-order valence-corrected chi connectivity index (χ2v) is 8.88. The van der Waals surface area contributed by atoms with Crippen LogP contribution in [-0.4, -0.2) is 23.8 Å². The van der Waals surface area contributed by atoms with Crippen molar-refractivity contribution in [1.29, 1.82) is 0 Å². The van der Waals surface area contributed by atoms with Gasteiger partial charge in [0.1, 0.15) is 6.61 Å². The molecule has 1 atom stereocenters. The van der Waals surface area contributed by atoms with Gasteiger partial charge in [-0.2, -0.15) is 0 Å². The maximum Gasteiger partial charge on any atom is 0.407 e. The minimum Gasteiger partial charge on any atom is -0.445 e. The van der Waals surface area contributed by atoms with Gasteiger partial charge in [-0.05, 0) is 47.6 Å². The van der Waals surface area contributed by atoms with Crippen LogP contribution in [0.15, 0.2) is 78.9 Å². The maximum atomic E-state index is 13.2. The first-order chi connectivity index (χ1) is 16.8. The van der Waals surface area contributed by atoms with Crippen molar-refractivity contribution < 1.29 is 19.1 Å². The van der Waals surface area contributed by atoms with Crippen LogP contribution >= 0.6 is 0 Å². The van der Waals surface area contributed by atoms with Crippen LogP contribution in [0.4, 0.5) is 4.79 Å². The zero-order valence-electron chi connectivity index (χ0n) is 20.4. The van der Waals surface area contributed by atoms with Gasteiger partial charge in [-0.15, -0.1) is 0 Å². The SMILES string of the molecule is CC(=O)[C@@H](CC(C)C)NC(=O)c1ccccc1-c1ccccc1CNC(=O)OCc1ccccc1. The third-order valence-electron chi connectivity index (χ3n) is 5.62. The lowest BCUT2D eigenvalue weighted by atomic mass is 9.94. The number of hydrogen-bond donors (Lipinski definition) is 2. The third kappa shape index (κ3) is 7.54. The van der Waals surface area contributed by atoms with Crippen LogP contribution in [0.1, 0.15) is 48.7 Å². The molecule has 0 bridgehead atoms. The Morgan fingerprint density at radius 1 is 0.829 bits per heavy atom.